The number of nitrogens with one attached hydrogen (secondary N) is 2. The number of unbranched alkanes of at least 4 members (excludes halogenated alkanes) is 1. The zero-order valence-electron chi connectivity index (χ0n) is 12.7. The maximum atomic E-state index is 4.47. The smallest absolute Gasteiger partial charge is 0.190 e. The third-order valence-electron chi connectivity index (χ3n) is 2.82. The van der Waals surface area contributed by atoms with E-state index in [2.05, 4.69) is 32.2 Å². The van der Waals surface area contributed by atoms with Gasteiger partial charge in [-0.15, -0.1) is 11.3 Å². The van der Waals surface area contributed by atoms with Crippen molar-refractivity contribution in [1.29, 1.82) is 0 Å². The van der Waals surface area contributed by atoms with Crippen LogP contribution in [-0.4, -0.2) is 43.1 Å². The van der Waals surface area contributed by atoms with Gasteiger partial charge in [0.05, 0.1) is 5.01 Å². The van der Waals surface area contributed by atoms with Gasteiger partial charge in [0.15, 0.2) is 5.96 Å². The second-order valence-electron chi connectivity index (χ2n) is 4.61. The minimum atomic E-state index is 0.907. The molecular weight excluding hydrogens is 288 g/mol. The second-order valence-corrected chi connectivity index (χ2v) is 6.54. The van der Waals surface area contributed by atoms with Crippen molar-refractivity contribution in [2.45, 2.75) is 32.6 Å². The van der Waals surface area contributed by atoms with E-state index in [9.17, 15) is 0 Å². The summed E-state index contributed by atoms with van der Waals surface area (Å²) in [6.45, 7) is 3.97. The SMILES string of the molecule is CN=C(NCCCCSC)NCCCc1nc(C)cs1. The largest absolute Gasteiger partial charge is 0.356 e. The number of thioether (sulfide) groups is 1. The van der Waals surface area contributed by atoms with Gasteiger partial charge in [-0.3, -0.25) is 4.99 Å². The Labute approximate surface area is 130 Å². The third-order valence-corrected chi connectivity index (χ3v) is 4.54. The highest BCUT2D eigenvalue weighted by molar-refractivity contribution is 7.98. The quantitative estimate of drug-likeness (QED) is 0.418. The van der Waals surface area contributed by atoms with Gasteiger partial charge >= 0.3 is 0 Å². The Morgan fingerprint density at radius 2 is 2.05 bits per heavy atom. The first kappa shape index (κ1) is 17.3. The minimum Gasteiger partial charge on any atom is -0.356 e. The normalized spacial score (nSPS) is 11.7. The number of aromatic nitrogens is 1. The van der Waals surface area contributed by atoms with Crippen molar-refractivity contribution in [3.05, 3.63) is 16.1 Å². The highest BCUT2D eigenvalue weighted by Crippen LogP contribution is 2.10. The molecular formula is C14H26N4S2. The first-order valence-corrected chi connectivity index (χ1v) is 9.38. The molecule has 4 nitrogen and oxygen atoms in total. The Balaban J connectivity index is 2.06. The molecule has 0 saturated carbocycles. The van der Waals surface area contributed by atoms with Crippen LogP contribution in [0, 0.1) is 6.92 Å². The summed E-state index contributed by atoms with van der Waals surface area (Å²) in [6.07, 6.45) is 6.72. The lowest BCUT2D eigenvalue weighted by Crippen LogP contribution is -2.38. The Hall–Kier alpha value is -0.750. The lowest BCUT2D eigenvalue weighted by Gasteiger charge is -2.11. The van der Waals surface area contributed by atoms with E-state index in [0.717, 1.165) is 37.6 Å². The van der Waals surface area contributed by atoms with E-state index in [1.165, 1.54) is 23.6 Å². The fraction of sp³-hybridized carbons (Fsp3) is 0.714. The summed E-state index contributed by atoms with van der Waals surface area (Å²) in [5, 5.41) is 10.0. The van der Waals surface area contributed by atoms with Gasteiger partial charge in [0.1, 0.15) is 0 Å². The molecule has 114 valence electrons. The maximum absolute atomic E-state index is 4.47. The summed E-state index contributed by atoms with van der Waals surface area (Å²) in [6, 6.07) is 0. The fourth-order valence-electron chi connectivity index (χ4n) is 1.76. The van der Waals surface area contributed by atoms with Crippen molar-refractivity contribution in [3.63, 3.8) is 0 Å². The standard InChI is InChI=1S/C14H26N4S2/c1-12-11-20-13(18-12)7-6-9-17-14(15-2)16-8-4-5-10-19-3/h11H,4-10H2,1-3H3,(H2,15,16,17). The lowest BCUT2D eigenvalue weighted by molar-refractivity contribution is 0.712. The van der Waals surface area contributed by atoms with Crippen LogP contribution in [0.1, 0.15) is 30.0 Å². The summed E-state index contributed by atoms with van der Waals surface area (Å²) >= 11 is 3.65. The molecule has 1 rings (SSSR count). The number of guanidine groups is 1. The number of aliphatic imine (C=N–C) groups is 1. The van der Waals surface area contributed by atoms with E-state index in [-0.39, 0.29) is 0 Å². The van der Waals surface area contributed by atoms with Gasteiger partial charge in [0.25, 0.3) is 0 Å². The van der Waals surface area contributed by atoms with E-state index >= 15 is 0 Å². The van der Waals surface area contributed by atoms with Gasteiger partial charge in [-0.2, -0.15) is 11.8 Å². The highest BCUT2D eigenvalue weighted by atomic mass is 32.2. The van der Waals surface area contributed by atoms with Gasteiger partial charge in [0, 0.05) is 37.6 Å². The summed E-state index contributed by atoms with van der Waals surface area (Å²) in [5.74, 6) is 2.14. The first-order chi connectivity index (χ1) is 9.76. The molecule has 0 amide bonds. The number of aryl methyl sites for hydroxylation is 2. The van der Waals surface area contributed by atoms with Crippen molar-refractivity contribution in [2.75, 3.05) is 32.1 Å². The van der Waals surface area contributed by atoms with Crippen LogP contribution >= 0.6 is 23.1 Å². The van der Waals surface area contributed by atoms with Crippen LogP contribution < -0.4 is 10.6 Å². The molecule has 1 aromatic heterocycles. The zero-order valence-corrected chi connectivity index (χ0v) is 14.4. The van der Waals surface area contributed by atoms with Gasteiger partial charge < -0.3 is 10.6 Å². The number of hydrogen-bond donors (Lipinski definition) is 2. The lowest BCUT2D eigenvalue weighted by atomic mass is 10.3. The van der Waals surface area contributed by atoms with Crippen LogP contribution in [0.3, 0.4) is 0 Å². The van der Waals surface area contributed by atoms with Crippen molar-refractivity contribution in [1.82, 2.24) is 15.6 Å². The Morgan fingerprint density at radius 1 is 1.30 bits per heavy atom. The minimum absolute atomic E-state index is 0.907. The Bertz CT molecular complexity index is 390. The van der Waals surface area contributed by atoms with E-state index in [0.29, 0.717) is 0 Å². The molecule has 0 fully saturated rings. The molecule has 1 heterocycles. The van der Waals surface area contributed by atoms with Crippen molar-refractivity contribution in [2.24, 2.45) is 4.99 Å². The molecule has 0 saturated heterocycles. The van der Waals surface area contributed by atoms with Gasteiger partial charge in [0.2, 0.25) is 0 Å². The van der Waals surface area contributed by atoms with Crippen LogP contribution in [-0.2, 0) is 6.42 Å². The van der Waals surface area contributed by atoms with Gasteiger partial charge in [-0.05, 0) is 38.2 Å². The molecule has 0 unspecified atom stereocenters. The monoisotopic (exact) mass is 314 g/mol. The Morgan fingerprint density at radius 3 is 2.65 bits per heavy atom. The van der Waals surface area contributed by atoms with E-state index in [1.807, 2.05) is 25.7 Å². The van der Waals surface area contributed by atoms with Crippen LogP contribution in [0.4, 0.5) is 0 Å². The maximum Gasteiger partial charge on any atom is 0.190 e. The number of thiazole rings is 1. The molecule has 0 aliphatic rings. The van der Waals surface area contributed by atoms with Crippen molar-refractivity contribution < 1.29 is 0 Å². The van der Waals surface area contributed by atoms with Crippen molar-refractivity contribution >= 4 is 29.1 Å². The predicted molar refractivity (Wildman–Crippen MR) is 92.2 cm³/mol. The molecule has 0 aliphatic carbocycles. The zero-order chi connectivity index (χ0) is 14.6. The molecule has 0 aliphatic heterocycles. The molecule has 0 radical (unpaired) electrons. The number of nitrogens with zero attached hydrogens (tertiary/aromatic N) is 2. The van der Waals surface area contributed by atoms with Gasteiger partial charge in [-0.1, -0.05) is 0 Å². The molecule has 0 spiro atoms. The van der Waals surface area contributed by atoms with Crippen LogP contribution in [0.2, 0.25) is 0 Å². The highest BCUT2D eigenvalue weighted by Gasteiger charge is 2.00. The van der Waals surface area contributed by atoms with E-state index in [4.69, 9.17) is 0 Å². The molecule has 2 N–H and O–H groups in total. The average Bonchev–Trinajstić information content (AvgIpc) is 2.86. The predicted octanol–water partition coefficient (Wildman–Crippen LogP) is 2.69. The average molecular weight is 315 g/mol. The molecule has 0 aromatic carbocycles. The summed E-state index contributed by atoms with van der Waals surface area (Å²) < 4.78 is 0. The van der Waals surface area contributed by atoms with Crippen molar-refractivity contribution in [3.8, 4) is 0 Å². The van der Waals surface area contributed by atoms with Crippen LogP contribution in [0.15, 0.2) is 10.4 Å². The molecule has 0 atom stereocenters. The third kappa shape index (κ3) is 7.75. The van der Waals surface area contributed by atoms with Crippen LogP contribution in [0.5, 0.6) is 0 Å². The summed E-state index contributed by atoms with van der Waals surface area (Å²) in [7, 11) is 1.82. The summed E-state index contributed by atoms with van der Waals surface area (Å²) in [4.78, 5) is 8.70. The molecule has 6 heteroatoms. The van der Waals surface area contributed by atoms with Crippen LogP contribution in [0.25, 0.3) is 0 Å². The Kier molecular flexibility index (Phi) is 9.49. The molecule has 20 heavy (non-hydrogen) atoms. The summed E-state index contributed by atoms with van der Waals surface area (Å²) in [5.41, 5.74) is 1.13. The van der Waals surface area contributed by atoms with E-state index < -0.39 is 0 Å². The molecule has 0 bridgehead atoms. The van der Waals surface area contributed by atoms with Gasteiger partial charge in [-0.25, -0.2) is 4.98 Å². The number of hydrogen-bond acceptors (Lipinski definition) is 4. The fourth-order valence-corrected chi connectivity index (χ4v) is 3.07. The molecule has 1 aromatic rings. The second kappa shape index (κ2) is 11.0. The first-order valence-electron chi connectivity index (χ1n) is 7.10. The van der Waals surface area contributed by atoms with E-state index in [1.54, 1.807) is 11.3 Å². The number of rotatable bonds is 9. The topological polar surface area (TPSA) is 49.3 Å².